The van der Waals surface area contributed by atoms with E-state index in [-0.39, 0.29) is 17.0 Å². The van der Waals surface area contributed by atoms with Gasteiger partial charge in [0.25, 0.3) is 5.56 Å². The molecule has 1 unspecified atom stereocenters. The lowest BCUT2D eigenvalue weighted by molar-refractivity contribution is 0.103. The first-order chi connectivity index (χ1) is 17.4. The summed E-state index contributed by atoms with van der Waals surface area (Å²) in [4.78, 5) is 12.8. The maximum Gasteiger partial charge on any atom is 0.267 e. The third kappa shape index (κ3) is 4.82. The molecule has 1 atom stereocenters. The molecule has 10 heteroatoms. The summed E-state index contributed by atoms with van der Waals surface area (Å²) in [6.07, 6.45) is 13.5. The Hall–Kier alpha value is -3.04. The number of nitrogens with two attached hydrogens (primary N) is 1. The van der Waals surface area contributed by atoms with Gasteiger partial charge in [0.05, 0.1) is 17.9 Å². The Morgan fingerprint density at radius 2 is 2.03 bits per heavy atom. The van der Waals surface area contributed by atoms with Crippen LogP contribution in [0.3, 0.4) is 0 Å². The maximum absolute atomic E-state index is 12.8. The number of halogens is 1. The number of hydrogen-bond acceptors (Lipinski definition) is 6. The first-order valence-corrected chi connectivity index (χ1v) is 13.0. The molecule has 3 aromatic heterocycles. The maximum atomic E-state index is 12.8. The smallest absolute Gasteiger partial charge is 0.267 e. The largest absolute Gasteiger partial charge is 0.330 e. The molecule has 0 radical (unpaired) electrons. The van der Waals surface area contributed by atoms with Gasteiger partial charge in [-0.2, -0.15) is 10.2 Å². The van der Waals surface area contributed by atoms with Gasteiger partial charge >= 0.3 is 0 Å². The van der Waals surface area contributed by atoms with Gasteiger partial charge in [-0.25, -0.2) is 4.68 Å². The van der Waals surface area contributed by atoms with E-state index in [0.29, 0.717) is 30.4 Å². The Kier molecular flexibility index (Phi) is 6.94. The third-order valence-corrected chi connectivity index (χ3v) is 8.27. The van der Waals surface area contributed by atoms with Crippen molar-refractivity contribution in [2.75, 3.05) is 6.54 Å². The molecule has 0 aromatic carbocycles. The Labute approximate surface area is 215 Å². The van der Waals surface area contributed by atoms with E-state index in [1.165, 1.54) is 5.56 Å². The molecule has 0 bridgehead atoms. The van der Waals surface area contributed by atoms with Gasteiger partial charge in [-0.15, -0.1) is 5.10 Å². The van der Waals surface area contributed by atoms with Crippen LogP contribution in [0.4, 0.5) is 0 Å². The highest BCUT2D eigenvalue weighted by molar-refractivity contribution is 6.31. The van der Waals surface area contributed by atoms with Crippen LogP contribution < -0.4 is 11.3 Å². The van der Waals surface area contributed by atoms with Gasteiger partial charge < -0.3 is 5.73 Å². The summed E-state index contributed by atoms with van der Waals surface area (Å²) >= 11 is 6.29. The van der Waals surface area contributed by atoms with E-state index in [1.54, 1.807) is 16.8 Å². The van der Waals surface area contributed by atoms with Crippen molar-refractivity contribution in [2.45, 2.75) is 65.0 Å². The molecule has 3 heterocycles. The number of H-pyrrole nitrogens is 1. The average Bonchev–Trinajstić information content (AvgIpc) is 3.49. The third-order valence-electron chi connectivity index (χ3n) is 8.02. The number of hydrogen-bond donors (Lipinski definition) is 2. The standard InChI is InChI=1S/C26H33ClN8O/c1-17-22(18(2)30-29-17)10-13-34-15-24(31-33-34)23-6-7-25(36)35(32-23)21-8-11-26(16-28,12-9-21)19-4-3-5-20(27)14-19/h3,5-7,14-15,19,21H,4,8-13,16,28H2,1-2H3,(H,29,30)/t19?,21-,26-. The van der Waals surface area contributed by atoms with Crippen molar-refractivity contribution >= 4 is 11.6 Å². The molecule has 190 valence electrons. The minimum atomic E-state index is -0.0918. The van der Waals surface area contributed by atoms with Gasteiger partial charge in [-0.05, 0) is 88.0 Å². The Morgan fingerprint density at radius 1 is 1.22 bits per heavy atom. The molecule has 2 aliphatic rings. The summed E-state index contributed by atoms with van der Waals surface area (Å²) in [6.45, 7) is 5.32. The predicted molar refractivity (Wildman–Crippen MR) is 139 cm³/mol. The molecule has 9 nitrogen and oxygen atoms in total. The molecular weight excluding hydrogens is 476 g/mol. The molecule has 3 aromatic rings. The number of nitrogens with zero attached hydrogens (tertiary/aromatic N) is 6. The van der Waals surface area contributed by atoms with E-state index in [0.717, 1.165) is 54.9 Å². The number of rotatable bonds is 7. The summed E-state index contributed by atoms with van der Waals surface area (Å²) in [5.74, 6) is 0.335. The van der Waals surface area contributed by atoms with Crippen LogP contribution in [0, 0.1) is 25.2 Å². The fourth-order valence-electron chi connectivity index (χ4n) is 5.74. The Bertz CT molecular complexity index is 1320. The van der Waals surface area contributed by atoms with E-state index >= 15 is 0 Å². The van der Waals surface area contributed by atoms with E-state index in [2.05, 4.69) is 32.7 Å². The number of aryl methyl sites for hydroxylation is 3. The van der Waals surface area contributed by atoms with Crippen molar-refractivity contribution in [2.24, 2.45) is 17.1 Å². The van der Waals surface area contributed by atoms with E-state index in [1.807, 2.05) is 30.8 Å². The fraction of sp³-hybridized carbons (Fsp3) is 0.500. The zero-order valence-electron chi connectivity index (χ0n) is 20.8. The Balaban J connectivity index is 1.29. The van der Waals surface area contributed by atoms with Crippen LogP contribution in [0.25, 0.3) is 11.4 Å². The fourth-order valence-corrected chi connectivity index (χ4v) is 5.98. The summed E-state index contributed by atoms with van der Waals surface area (Å²) in [5.41, 5.74) is 10.8. The first-order valence-electron chi connectivity index (χ1n) is 12.6. The van der Waals surface area contributed by atoms with Crippen LogP contribution in [0.1, 0.15) is 55.1 Å². The molecule has 0 amide bonds. The lowest BCUT2D eigenvalue weighted by Crippen LogP contribution is -2.42. The highest BCUT2D eigenvalue weighted by Gasteiger charge is 2.40. The summed E-state index contributed by atoms with van der Waals surface area (Å²) in [6, 6.07) is 3.35. The molecular formula is C26H33ClN8O. The molecule has 3 N–H and O–H groups in total. The lowest BCUT2D eigenvalue weighted by Gasteiger charge is -2.44. The van der Waals surface area contributed by atoms with Gasteiger partial charge in [0.1, 0.15) is 11.4 Å². The van der Waals surface area contributed by atoms with Crippen molar-refractivity contribution < 1.29 is 0 Å². The van der Waals surface area contributed by atoms with Crippen LogP contribution >= 0.6 is 11.6 Å². The van der Waals surface area contributed by atoms with Crippen molar-refractivity contribution in [3.63, 3.8) is 0 Å². The highest BCUT2D eigenvalue weighted by Crippen LogP contribution is 2.48. The SMILES string of the molecule is Cc1n[nH]c(C)c1CCn1cc(-c2ccc(=O)n([C@H]3CC[C@](CN)(C4C=C(Cl)C=CC4)CC3)n2)nn1. The van der Waals surface area contributed by atoms with Crippen LogP contribution in [-0.2, 0) is 13.0 Å². The quantitative estimate of drug-likeness (QED) is 0.500. The average molecular weight is 509 g/mol. The van der Waals surface area contributed by atoms with Crippen LogP contribution in [0.15, 0.2) is 46.4 Å². The van der Waals surface area contributed by atoms with Crippen molar-refractivity contribution in [1.82, 2.24) is 35.0 Å². The zero-order chi connectivity index (χ0) is 25.3. The van der Waals surface area contributed by atoms with Gasteiger partial charge in [0.2, 0.25) is 0 Å². The minimum Gasteiger partial charge on any atom is -0.330 e. The molecule has 0 aliphatic heterocycles. The van der Waals surface area contributed by atoms with E-state index in [9.17, 15) is 4.79 Å². The van der Waals surface area contributed by atoms with Crippen LogP contribution in [-0.4, -0.2) is 41.5 Å². The highest BCUT2D eigenvalue weighted by atomic mass is 35.5. The molecule has 0 spiro atoms. The monoisotopic (exact) mass is 508 g/mol. The summed E-state index contributed by atoms with van der Waals surface area (Å²) < 4.78 is 3.45. The summed E-state index contributed by atoms with van der Waals surface area (Å²) in [5, 5.41) is 21.4. The van der Waals surface area contributed by atoms with Crippen molar-refractivity contribution in [3.05, 3.63) is 68.9 Å². The molecule has 5 rings (SSSR count). The van der Waals surface area contributed by atoms with E-state index in [4.69, 9.17) is 22.4 Å². The second-order valence-corrected chi connectivity index (χ2v) is 10.6. The van der Waals surface area contributed by atoms with Crippen molar-refractivity contribution in [1.29, 1.82) is 0 Å². The first kappa shape index (κ1) is 24.6. The molecule has 0 saturated heterocycles. The molecule has 1 fully saturated rings. The van der Waals surface area contributed by atoms with Crippen LogP contribution in [0.5, 0.6) is 0 Å². The van der Waals surface area contributed by atoms with Gasteiger partial charge in [0.15, 0.2) is 0 Å². The minimum absolute atomic E-state index is 0.0109. The van der Waals surface area contributed by atoms with Gasteiger partial charge in [-0.3, -0.25) is 14.6 Å². The van der Waals surface area contributed by atoms with Gasteiger partial charge in [0, 0.05) is 23.3 Å². The van der Waals surface area contributed by atoms with E-state index < -0.39 is 0 Å². The number of aromatic nitrogens is 7. The zero-order valence-corrected chi connectivity index (χ0v) is 21.6. The molecule has 1 saturated carbocycles. The second kappa shape index (κ2) is 10.1. The molecule has 2 aliphatic carbocycles. The number of nitrogens with one attached hydrogen (secondary N) is 1. The normalized spacial score (nSPS) is 24.2. The molecule has 36 heavy (non-hydrogen) atoms. The number of aromatic amines is 1. The predicted octanol–water partition coefficient (Wildman–Crippen LogP) is 3.84. The number of allylic oxidation sites excluding steroid dienone is 4. The Morgan fingerprint density at radius 3 is 2.72 bits per heavy atom. The van der Waals surface area contributed by atoms with Crippen LogP contribution in [0.2, 0.25) is 0 Å². The van der Waals surface area contributed by atoms with Gasteiger partial charge in [-0.1, -0.05) is 29.0 Å². The van der Waals surface area contributed by atoms with Crippen molar-refractivity contribution in [3.8, 4) is 11.4 Å². The summed E-state index contributed by atoms with van der Waals surface area (Å²) in [7, 11) is 0. The lowest BCUT2D eigenvalue weighted by atomic mass is 9.63. The topological polar surface area (TPSA) is 120 Å². The second-order valence-electron chi connectivity index (χ2n) is 10.1.